The first-order chi connectivity index (χ1) is 16.5. The molecule has 3 N–H and O–H groups in total. The quantitative estimate of drug-likeness (QED) is 0.377. The predicted octanol–water partition coefficient (Wildman–Crippen LogP) is 4.97. The van der Waals surface area contributed by atoms with Crippen LogP contribution in [-0.4, -0.2) is 24.9 Å². The number of amides is 2. The zero-order valence-electron chi connectivity index (χ0n) is 19.7. The van der Waals surface area contributed by atoms with Crippen molar-refractivity contribution in [1.82, 2.24) is 5.32 Å². The number of carbonyl (C=O) groups excluding carboxylic acids is 2. The summed E-state index contributed by atoms with van der Waals surface area (Å²) >= 11 is 0. The molecule has 0 aromatic heterocycles. The third-order valence-corrected chi connectivity index (χ3v) is 7.04. The lowest BCUT2D eigenvalue weighted by molar-refractivity contribution is -0.124. The molecule has 180 valence electrons. The lowest BCUT2D eigenvalue weighted by Crippen LogP contribution is -2.44. The Hall–Kier alpha value is -3.41. The minimum atomic E-state index is -0.527. The standard InChI is InChI=1S/C29H29N3O2.ClH/c1-31-26(28(30)33)17-23-14-13-19-7-4-5-12-27(19)32(29(23)34)18-24-11-6-10-22-15-20-8-2-3-9-21(20)16-25(22)24;/h2-12,15-16,23,26,31H,13-14,17-18H2,1H3,(H2,30,33);1H/t23-,26-;/m0./s1. The summed E-state index contributed by atoms with van der Waals surface area (Å²) in [7, 11) is 1.71. The molecule has 35 heavy (non-hydrogen) atoms. The SMILES string of the molecule is CN[C@@H](C[C@@H]1CCc2ccccc2N(Cc2cccc3cc4ccccc4cc23)C1=O)C(N)=O.Cl. The van der Waals surface area contributed by atoms with Crippen molar-refractivity contribution in [1.29, 1.82) is 0 Å². The first-order valence-corrected chi connectivity index (χ1v) is 11.8. The zero-order chi connectivity index (χ0) is 23.7. The number of rotatable bonds is 6. The van der Waals surface area contributed by atoms with Gasteiger partial charge in [0.1, 0.15) is 0 Å². The van der Waals surface area contributed by atoms with Crippen molar-refractivity contribution in [2.24, 2.45) is 11.7 Å². The smallest absolute Gasteiger partial charge is 0.234 e. The number of nitrogens with one attached hydrogen (secondary N) is 1. The van der Waals surface area contributed by atoms with E-state index in [1.807, 2.05) is 29.2 Å². The van der Waals surface area contributed by atoms with Crippen LogP contribution in [0.1, 0.15) is 24.0 Å². The number of likely N-dealkylation sites (N-methyl/N-ethyl adjacent to an activating group) is 1. The van der Waals surface area contributed by atoms with Gasteiger partial charge in [-0.05, 0) is 77.2 Å². The summed E-state index contributed by atoms with van der Waals surface area (Å²) in [6.45, 7) is 0.475. The molecule has 5 rings (SSSR count). The second-order valence-electron chi connectivity index (χ2n) is 9.11. The fourth-order valence-electron chi connectivity index (χ4n) is 5.16. The lowest BCUT2D eigenvalue weighted by Gasteiger charge is -2.28. The molecule has 0 saturated heterocycles. The van der Waals surface area contributed by atoms with Gasteiger partial charge in [-0.3, -0.25) is 9.59 Å². The highest BCUT2D eigenvalue weighted by Crippen LogP contribution is 2.34. The average molecular weight is 488 g/mol. The normalized spacial score (nSPS) is 16.4. The molecule has 6 heteroatoms. The molecule has 0 aliphatic carbocycles. The summed E-state index contributed by atoms with van der Waals surface area (Å²) in [6, 6.07) is 26.6. The van der Waals surface area contributed by atoms with E-state index in [4.69, 9.17) is 5.73 Å². The van der Waals surface area contributed by atoms with E-state index in [2.05, 4.69) is 59.9 Å². The van der Waals surface area contributed by atoms with Crippen LogP contribution < -0.4 is 16.0 Å². The Kier molecular flexibility index (Phi) is 7.39. The molecule has 0 spiro atoms. The Bertz CT molecular complexity index is 1390. The predicted molar refractivity (Wildman–Crippen MR) is 145 cm³/mol. The van der Waals surface area contributed by atoms with Gasteiger partial charge in [0.15, 0.2) is 0 Å². The van der Waals surface area contributed by atoms with Gasteiger partial charge in [-0.2, -0.15) is 0 Å². The number of aryl methyl sites for hydroxylation is 1. The summed E-state index contributed by atoms with van der Waals surface area (Å²) in [6.07, 6.45) is 1.88. The number of hydrogen-bond acceptors (Lipinski definition) is 3. The number of halogens is 1. The van der Waals surface area contributed by atoms with Gasteiger partial charge >= 0.3 is 0 Å². The van der Waals surface area contributed by atoms with Crippen molar-refractivity contribution in [2.45, 2.75) is 31.8 Å². The van der Waals surface area contributed by atoms with Gasteiger partial charge in [-0.25, -0.2) is 0 Å². The van der Waals surface area contributed by atoms with E-state index >= 15 is 0 Å². The summed E-state index contributed by atoms with van der Waals surface area (Å²) in [5.41, 5.74) is 8.78. The molecule has 1 aliphatic heterocycles. The molecule has 2 amide bonds. The number of fused-ring (bicyclic) bond motifs is 3. The largest absolute Gasteiger partial charge is 0.368 e. The third-order valence-electron chi connectivity index (χ3n) is 7.04. The number of hydrogen-bond donors (Lipinski definition) is 2. The second kappa shape index (κ2) is 10.5. The Morgan fingerprint density at radius 2 is 1.69 bits per heavy atom. The molecule has 0 unspecified atom stereocenters. The minimum absolute atomic E-state index is 0. The Morgan fingerprint density at radius 3 is 2.43 bits per heavy atom. The van der Waals surface area contributed by atoms with Crippen LogP contribution >= 0.6 is 12.4 Å². The highest BCUT2D eigenvalue weighted by Gasteiger charge is 2.33. The number of nitrogens with zero attached hydrogens (tertiary/aromatic N) is 1. The van der Waals surface area contributed by atoms with Crippen molar-refractivity contribution in [3.05, 3.63) is 90.0 Å². The van der Waals surface area contributed by atoms with E-state index in [0.717, 1.165) is 34.0 Å². The molecular weight excluding hydrogens is 458 g/mol. The fourth-order valence-corrected chi connectivity index (χ4v) is 5.16. The maximum Gasteiger partial charge on any atom is 0.234 e. The number of benzene rings is 4. The van der Waals surface area contributed by atoms with Crippen molar-refractivity contribution in [2.75, 3.05) is 11.9 Å². The molecule has 0 saturated carbocycles. The Morgan fingerprint density at radius 1 is 1.00 bits per heavy atom. The van der Waals surface area contributed by atoms with Crippen LogP contribution in [0.2, 0.25) is 0 Å². The lowest BCUT2D eigenvalue weighted by atomic mass is 9.93. The summed E-state index contributed by atoms with van der Waals surface area (Å²) in [5.74, 6) is -0.665. The highest BCUT2D eigenvalue weighted by atomic mass is 35.5. The van der Waals surface area contributed by atoms with Gasteiger partial charge < -0.3 is 16.0 Å². The van der Waals surface area contributed by atoms with Crippen molar-refractivity contribution >= 4 is 51.5 Å². The van der Waals surface area contributed by atoms with E-state index < -0.39 is 11.9 Å². The molecule has 4 aromatic carbocycles. The third kappa shape index (κ3) is 4.88. The van der Waals surface area contributed by atoms with Crippen molar-refractivity contribution in [3.63, 3.8) is 0 Å². The molecule has 4 aromatic rings. The first kappa shape index (κ1) is 24.7. The zero-order valence-corrected chi connectivity index (χ0v) is 20.6. The van der Waals surface area contributed by atoms with Gasteiger partial charge in [0.05, 0.1) is 12.6 Å². The van der Waals surface area contributed by atoms with Gasteiger partial charge in [0.2, 0.25) is 11.8 Å². The van der Waals surface area contributed by atoms with Crippen LogP contribution in [0.5, 0.6) is 0 Å². The van der Waals surface area contributed by atoms with Gasteiger partial charge in [-0.1, -0.05) is 60.7 Å². The number of carbonyl (C=O) groups is 2. The summed E-state index contributed by atoms with van der Waals surface area (Å²) < 4.78 is 0. The molecule has 0 radical (unpaired) electrons. The molecule has 0 bridgehead atoms. The number of primary amides is 1. The molecule has 2 atom stereocenters. The fraction of sp³-hybridized carbons (Fsp3) is 0.241. The van der Waals surface area contributed by atoms with Gasteiger partial charge in [-0.15, -0.1) is 12.4 Å². The molecule has 5 nitrogen and oxygen atoms in total. The highest BCUT2D eigenvalue weighted by molar-refractivity contribution is 6.01. The maximum absolute atomic E-state index is 13.9. The number of para-hydroxylation sites is 1. The second-order valence-corrected chi connectivity index (χ2v) is 9.11. The van der Waals surface area contributed by atoms with E-state index in [0.29, 0.717) is 19.4 Å². The Labute approximate surface area is 211 Å². The molecule has 1 heterocycles. The first-order valence-electron chi connectivity index (χ1n) is 11.8. The van der Waals surface area contributed by atoms with Gasteiger partial charge in [0.25, 0.3) is 0 Å². The van der Waals surface area contributed by atoms with Crippen molar-refractivity contribution in [3.8, 4) is 0 Å². The minimum Gasteiger partial charge on any atom is -0.368 e. The van der Waals surface area contributed by atoms with E-state index in [1.165, 1.54) is 10.8 Å². The van der Waals surface area contributed by atoms with Crippen LogP contribution in [0.3, 0.4) is 0 Å². The Balaban J connectivity index is 0.00000289. The maximum atomic E-state index is 13.9. The van der Waals surface area contributed by atoms with Crippen molar-refractivity contribution < 1.29 is 9.59 Å². The number of anilines is 1. The average Bonchev–Trinajstić information content (AvgIpc) is 2.98. The number of nitrogens with two attached hydrogens (primary N) is 1. The molecule has 1 aliphatic rings. The van der Waals surface area contributed by atoms with E-state index in [-0.39, 0.29) is 24.2 Å². The van der Waals surface area contributed by atoms with Crippen LogP contribution in [0.25, 0.3) is 21.5 Å². The van der Waals surface area contributed by atoms with Crippen LogP contribution in [0.15, 0.2) is 78.9 Å². The summed E-state index contributed by atoms with van der Waals surface area (Å²) in [5, 5.41) is 7.66. The van der Waals surface area contributed by atoms with Gasteiger partial charge in [0, 0.05) is 11.6 Å². The molecule has 0 fully saturated rings. The topological polar surface area (TPSA) is 75.4 Å². The summed E-state index contributed by atoms with van der Waals surface area (Å²) in [4.78, 5) is 27.7. The molecular formula is C29H30ClN3O2. The van der Waals surface area contributed by atoms with Crippen LogP contribution in [-0.2, 0) is 22.6 Å². The van der Waals surface area contributed by atoms with Crippen LogP contribution in [0, 0.1) is 5.92 Å². The van der Waals surface area contributed by atoms with Crippen LogP contribution in [0.4, 0.5) is 5.69 Å². The monoisotopic (exact) mass is 487 g/mol. The van der Waals surface area contributed by atoms with E-state index in [9.17, 15) is 9.59 Å². The van der Waals surface area contributed by atoms with E-state index in [1.54, 1.807) is 7.05 Å².